The quantitative estimate of drug-likeness (QED) is 0.712. The zero-order chi connectivity index (χ0) is 15.2. The Kier molecular flexibility index (Phi) is 5.70. The van der Waals surface area contributed by atoms with Gasteiger partial charge in [0.15, 0.2) is 0 Å². The molecule has 0 radical (unpaired) electrons. The van der Waals surface area contributed by atoms with Crippen LogP contribution in [-0.2, 0) is 16.0 Å². The molecule has 0 spiro atoms. The lowest BCUT2D eigenvalue weighted by molar-refractivity contribution is -0.137. The molecule has 1 amide bonds. The normalized spacial score (nSPS) is 11.2. The predicted molar refractivity (Wildman–Crippen MR) is 78.5 cm³/mol. The third-order valence-corrected chi connectivity index (χ3v) is 2.86. The van der Waals surface area contributed by atoms with Crippen molar-refractivity contribution in [1.29, 1.82) is 0 Å². The number of aliphatic carboxylic acids is 1. The molecule has 1 aromatic carbocycles. The number of benzene rings is 1. The van der Waals surface area contributed by atoms with Crippen LogP contribution in [0.1, 0.15) is 38.7 Å². The Morgan fingerprint density at radius 1 is 1.20 bits per heavy atom. The molecule has 0 atom stereocenters. The Hall–Kier alpha value is -1.88. The first-order valence-electron chi connectivity index (χ1n) is 6.66. The van der Waals surface area contributed by atoms with Crippen molar-refractivity contribution in [1.82, 2.24) is 0 Å². The number of anilines is 1. The Morgan fingerprint density at radius 3 is 2.30 bits per heavy atom. The van der Waals surface area contributed by atoms with E-state index in [0.29, 0.717) is 24.9 Å². The second-order valence-electron chi connectivity index (χ2n) is 5.63. The van der Waals surface area contributed by atoms with Crippen molar-refractivity contribution in [3.63, 3.8) is 0 Å². The Bertz CT molecular complexity index is 461. The summed E-state index contributed by atoms with van der Waals surface area (Å²) in [5.74, 6) is -0.881. The number of hydrogen-bond donors (Lipinski definition) is 3. The molecule has 0 aliphatic rings. The molecule has 5 heteroatoms. The van der Waals surface area contributed by atoms with Crippen LogP contribution in [0.25, 0.3) is 0 Å². The van der Waals surface area contributed by atoms with Crippen LogP contribution in [-0.4, -0.2) is 22.5 Å². The van der Waals surface area contributed by atoms with E-state index >= 15 is 0 Å². The van der Waals surface area contributed by atoms with Crippen molar-refractivity contribution in [2.75, 3.05) is 5.32 Å². The summed E-state index contributed by atoms with van der Waals surface area (Å²) in [5, 5.41) is 11.4. The highest BCUT2D eigenvalue weighted by Crippen LogP contribution is 2.13. The standard InChI is InChI=1S/C15H22N2O3/c1-15(2,16)10-9-13(18)17-12-6-3-11(4-7-12)5-8-14(19)20/h3-4,6-7H,5,8-10,16H2,1-2H3,(H,17,18)(H,19,20). The van der Waals surface area contributed by atoms with Gasteiger partial charge in [-0.3, -0.25) is 9.59 Å². The number of rotatable bonds is 7. The highest BCUT2D eigenvalue weighted by atomic mass is 16.4. The molecule has 110 valence electrons. The highest BCUT2D eigenvalue weighted by Gasteiger charge is 2.13. The maximum atomic E-state index is 11.7. The van der Waals surface area contributed by atoms with E-state index in [1.165, 1.54) is 0 Å². The van der Waals surface area contributed by atoms with E-state index in [4.69, 9.17) is 10.8 Å². The second-order valence-corrected chi connectivity index (χ2v) is 5.63. The van der Waals surface area contributed by atoms with Gasteiger partial charge in [-0.15, -0.1) is 0 Å². The van der Waals surface area contributed by atoms with E-state index < -0.39 is 5.97 Å². The molecule has 1 aromatic rings. The Morgan fingerprint density at radius 2 is 1.80 bits per heavy atom. The number of carbonyl (C=O) groups is 2. The van der Waals surface area contributed by atoms with E-state index in [-0.39, 0.29) is 17.9 Å². The number of nitrogens with one attached hydrogen (secondary N) is 1. The maximum Gasteiger partial charge on any atom is 0.303 e. The van der Waals surface area contributed by atoms with Crippen LogP contribution in [0, 0.1) is 0 Å². The van der Waals surface area contributed by atoms with Gasteiger partial charge in [-0.1, -0.05) is 12.1 Å². The van der Waals surface area contributed by atoms with Crippen molar-refractivity contribution in [2.24, 2.45) is 5.73 Å². The van der Waals surface area contributed by atoms with Gasteiger partial charge in [0.25, 0.3) is 0 Å². The number of carboxylic acids is 1. The lowest BCUT2D eigenvalue weighted by atomic mass is 10.00. The van der Waals surface area contributed by atoms with Gasteiger partial charge in [-0.2, -0.15) is 0 Å². The van der Waals surface area contributed by atoms with Crippen molar-refractivity contribution in [3.05, 3.63) is 29.8 Å². The van der Waals surface area contributed by atoms with E-state index in [1.54, 1.807) is 12.1 Å². The third kappa shape index (κ3) is 6.89. The first-order valence-corrected chi connectivity index (χ1v) is 6.66. The smallest absolute Gasteiger partial charge is 0.303 e. The SMILES string of the molecule is CC(C)(N)CCC(=O)Nc1ccc(CCC(=O)O)cc1. The molecule has 0 fully saturated rings. The molecule has 0 bridgehead atoms. The minimum atomic E-state index is -0.813. The number of amides is 1. The van der Waals surface area contributed by atoms with Gasteiger partial charge >= 0.3 is 5.97 Å². The summed E-state index contributed by atoms with van der Waals surface area (Å²) < 4.78 is 0. The van der Waals surface area contributed by atoms with Crippen LogP contribution >= 0.6 is 0 Å². The van der Waals surface area contributed by atoms with Crippen LogP contribution in [0.3, 0.4) is 0 Å². The summed E-state index contributed by atoms with van der Waals surface area (Å²) in [7, 11) is 0. The molecule has 1 rings (SSSR count). The van der Waals surface area contributed by atoms with Gasteiger partial charge in [0.1, 0.15) is 0 Å². The van der Waals surface area contributed by atoms with Gasteiger partial charge in [0.05, 0.1) is 0 Å². The minimum absolute atomic E-state index is 0.0678. The fourth-order valence-electron chi connectivity index (χ4n) is 1.67. The van der Waals surface area contributed by atoms with Crippen LogP contribution in [0.2, 0.25) is 0 Å². The summed E-state index contributed by atoms with van der Waals surface area (Å²) in [4.78, 5) is 22.2. The van der Waals surface area contributed by atoms with Crippen molar-refractivity contribution in [2.45, 2.75) is 45.1 Å². The largest absolute Gasteiger partial charge is 0.481 e. The summed E-state index contributed by atoms with van der Waals surface area (Å²) in [6.07, 6.45) is 1.60. The van der Waals surface area contributed by atoms with Gasteiger partial charge in [-0.25, -0.2) is 0 Å². The van der Waals surface area contributed by atoms with Crippen LogP contribution < -0.4 is 11.1 Å². The van der Waals surface area contributed by atoms with Gasteiger partial charge in [0, 0.05) is 24.1 Å². The maximum absolute atomic E-state index is 11.7. The number of carbonyl (C=O) groups excluding carboxylic acids is 1. The molecular formula is C15H22N2O3. The molecule has 0 saturated heterocycles. The molecule has 0 aromatic heterocycles. The number of hydrogen-bond acceptors (Lipinski definition) is 3. The van der Waals surface area contributed by atoms with Crippen LogP contribution in [0.5, 0.6) is 0 Å². The van der Waals surface area contributed by atoms with Gasteiger partial charge in [0.2, 0.25) is 5.91 Å². The number of nitrogens with two attached hydrogens (primary N) is 1. The number of aryl methyl sites for hydroxylation is 1. The number of carboxylic acid groups (broad SMARTS) is 1. The first-order chi connectivity index (χ1) is 9.26. The molecule has 0 unspecified atom stereocenters. The average Bonchev–Trinajstić information content (AvgIpc) is 2.35. The average molecular weight is 278 g/mol. The van der Waals surface area contributed by atoms with E-state index in [1.807, 2.05) is 26.0 Å². The minimum Gasteiger partial charge on any atom is -0.481 e. The second kappa shape index (κ2) is 7.05. The Labute approximate surface area is 119 Å². The lowest BCUT2D eigenvalue weighted by Gasteiger charge is -2.17. The fourth-order valence-corrected chi connectivity index (χ4v) is 1.67. The zero-order valence-corrected chi connectivity index (χ0v) is 12.0. The molecule has 0 aliphatic heterocycles. The van der Waals surface area contributed by atoms with E-state index in [2.05, 4.69) is 5.32 Å². The summed E-state index contributed by atoms with van der Waals surface area (Å²) >= 11 is 0. The first kappa shape index (κ1) is 16.2. The molecule has 0 heterocycles. The fraction of sp³-hybridized carbons (Fsp3) is 0.467. The molecule has 0 aliphatic carbocycles. The molecule has 0 saturated carbocycles. The van der Waals surface area contributed by atoms with Gasteiger partial charge in [-0.05, 0) is 44.4 Å². The lowest BCUT2D eigenvalue weighted by Crippen LogP contribution is -2.33. The Balaban J connectivity index is 2.44. The van der Waals surface area contributed by atoms with Gasteiger partial charge < -0.3 is 16.2 Å². The predicted octanol–water partition coefficient (Wildman–Crippen LogP) is 2.16. The molecule has 4 N–H and O–H groups in total. The summed E-state index contributed by atoms with van der Waals surface area (Å²) in [6.45, 7) is 3.77. The van der Waals surface area contributed by atoms with Crippen LogP contribution in [0.4, 0.5) is 5.69 Å². The summed E-state index contributed by atoms with van der Waals surface area (Å²) in [5.41, 5.74) is 7.13. The zero-order valence-electron chi connectivity index (χ0n) is 12.0. The van der Waals surface area contributed by atoms with Crippen molar-refractivity contribution < 1.29 is 14.7 Å². The van der Waals surface area contributed by atoms with Crippen molar-refractivity contribution >= 4 is 17.6 Å². The van der Waals surface area contributed by atoms with E-state index in [0.717, 1.165) is 5.56 Å². The summed E-state index contributed by atoms with van der Waals surface area (Å²) in [6, 6.07) is 7.21. The topological polar surface area (TPSA) is 92.4 Å². The van der Waals surface area contributed by atoms with E-state index in [9.17, 15) is 9.59 Å². The monoisotopic (exact) mass is 278 g/mol. The molecule has 5 nitrogen and oxygen atoms in total. The molecule has 20 heavy (non-hydrogen) atoms. The highest BCUT2D eigenvalue weighted by molar-refractivity contribution is 5.90. The third-order valence-electron chi connectivity index (χ3n) is 2.86. The molecular weight excluding hydrogens is 256 g/mol. The van der Waals surface area contributed by atoms with Crippen LogP contribution in [0.15, 0.2) is 24.3 Å². The van der Waals surface area contributed by atoms with Crippen molar-refractivity contribution in [3.8, 4) is 0 Å².